The molecule has 0 spiro atoms. The second-order valence-electron chi connectivity index (χ2n) is 4.26. The number of para-hydroxylation sites is 1. The minimum atomic E-state index is 0.822. The maximum Gasteiger partial charge on any atom is 0.145 e. The van der Waals surface area contributed by atoms with Crippen molar-refractivity contribution in [1.82, 2.24) is 9.55 Å². The summed E-state index contributed by atoms with van der Waals surface area (Å²) >= 11 is 0. The van der Waals surface area contributed by atoms with E-state index < -0.39 is 0 Å². The van der Waals surface area contributed by atoms with Crippen molar-refractivity contribution in [2.45, 2.75) is 6.92 Å². The van der Waals surface area contributed by atoms with Gasteiger partial charge in [0.1, 0.15) is 11.3 Å². The SMILES string of the molecule is COc1cccc2c1ncc1cc(C)n(C)c12. The highest BCUT2D eigenvalue weighted by Gasteiger charge is 2.10. The van der Waals surface area contributed by atoms with Crippen molar-refractivity contribution in [3.8, 4) is 5.75 Å². The van der Waals surface area contributed by atoms with E-state index in [-0.39, 0.29) is 0 Å². The molecule has 0 radical (unpaired) electrons. The molecule has 0 saturated heterocycles. The predicted molar refractivity (Wildman–Crippen MR) is 69.5 cm³/mol. The van der Waals surface area contributed by atoms with E-state index in [1.54, 1.807) is 7.11 Å². The Kier molecular flexibility index (Phi) is 2.08. The van der Waals surface area contributed by atoms with Crippen LogP contribution in [0, 0.1) is 6.92 Å². The minimum Gasteiger partial charge on any atom is -0.494 e. The number of hydrogen-bond acceptors (Lipinski definition) is 2. The van der Waals surface area contributed by atoms with E-state index >= 15 is 0 Å². The highest BCUT2D eigenvalue weighted by molar-refractivity contribution is 6.05. The average molecular weight is 226 g/mol. The number of benzene rings is 1. The normalized spacial score (nSPS) is 11.2. The van der Waals surface area contributed by atoms with E-state index in [1.807, 2.05) is 18.3 Å². The van der Waals surface area contributed by atoms with Crippen LogP contribution in [-0.2, 0) is 7.05 Å². The molecule has 2 heterocycles. The topological polar surface area (TPSA) is 27.1 Å². The van der Waals surface area contributed by atoms with E-state index in [2.05, 4.69) is 35.7 Å². The molecule has 0 saturated carbocycles. The fourth-order valence-electron chi connectivity index (χ4n) is 2.34. The quantitative estimate of drug-likeness (QED) is 0.637. The van der Waals surface area contributed by atoms with Gasteiger partial charge in [-0.2, -0.15) is 0 Å². The summed E-state index contributed by atoms with van der Waals surface area (Å²) in [5, 5.41) is 2.31. The van der Waals surface area contributed by atoms with Crippen molar-refractivity contribution in [1.29, 1.82) is 0 Å². The first-order valence-electron chi connectivity index (χ1n) is 5.60. The summed E-state index contributed by atoms with van der Waals surface area (Å²) in [6.45, 7) is 2.10. The third-order valence-electron chi connectivity index (χ3n) is 3.31. The van der Waals surface area contributed by atoms with Gasteiger partial charge in [-0.15, -0.1) is 0 Å². The van der Waals surface area contributed by atoms with Crippen molar-refractivity contribution >= 4 is 21.8 Å². The number of rotatable bonds is 1. The molecule has 0 aliphatic heterocycles. The first kappa shape index (κ1) is 10.1. The van der Waals surface area contributed by atoms with E-state index in [0.29, 0.717) is 0 Å². The molecular weight excluding hydrogens is 212 g/mol. The number of methoxy groups -OCH3 is 1. The lowest BCUT2D eigenvalue weighted by Gasteiger charge is -2.07. The zero-order valence-corrected chi connectivity index (χ0v) is 10.2. The minimum absolute atomic E-state index is 0.822. The van der Waals surface area contributed by atoms with Gasteiger partial charge >= 0.3 is 0 Å². The number of aryl methyl sites for hydroxylation is 2. The van der Waals surface area contributed by atoms with Crippen LogP contribution < -0.4 is 4.74 Å². The van der Waals surface area contributed by atoms with Crippen LogP contribution in [0.3, 0.4) is 0 Å². The van der Waals surface area contributed by atoms with E-state index in [9.17, 15) is 0 Å². The molecule has 86 valence electrons. The molecule has 0 bridgehead atoms. The largest absolute Gasteiger partial charge is 0.494 e. The molecular formula is C14H14N2O. The van der Waals surface area contributed by atoms with Crippen LogP contribution in [0.1, 0.15) is 5.69 Å². The summed E-state index contributed by atoms with van der Waals surface area (Å²) in [7, 11) is 3.76. The van der Waals surface area contributed by atoms with Gasteiger partial charge in [-0.25, -0.2) is 0 Å². The first-order chi connectivity index (χ1) is 8.22. The van der Waals surface area contributed by atoms with E-state index in [0.717, 1.165) is 16.7 Å². The summed E-state index contributed by atoms with van der Waals surface area (Å²) in [5.41, 5.74) is 3.37. The zero-order valence-electron chi connectivity index (χ0n) is 10.2. The van der Waals surface area contributed by atoms with E-state index in [1.165, 1.54) is 16.6 Å². The van der Waals surface area contributed by atoms with Gasteiger partial charge in [0.05, 0.1) is 12.6 Å². The molecule has 0 amide bonds. The summed E-state index contributed by atoms with van der Waals surface area (Å²) < 4.78 is 7.54. The maximum absolute atomic E-state index is 5.35. The van der Waals surface area contributed by atoms with Gasteiger partial charge in [0.15, 0.2) is 0 Å². The van der Waals surface area contributed by atoms with Crippen LogP contribution >= 0.6 is 0 Å². The number of nitrogens with zero attached hydrogens (tertiary/aromatic N) is 2. The molecule has 1 aromatic carbocycles. The van der Waals surface area contributed by atoms with Gasteiger partial charge in [-0.3, -0.25) is 4.98 Å². The Morgan fingerprint density at radius 2 is 2.12 bits per heavy atom. The van der Waals surface area contributed by atoms with E-state index in [4.69, 9.17) is 4.74 Å². The Bertz CT molecular complexity index is 713. The maximum atomic E-state index is 5.35. The lowest BCUT2D eigenvalue weighted by Crippen LogP contribution is -1.93. The van der Waals surface area contributed by atoms with Gasteiger partial charge in [0.2, 0.25) is 0 Å². The Labute approximate surface area is 99.6 Å². The molecule has 0 aliphatic carbocycles. The van der Waals surface area contributed by atoms with Crippen molar-refractivity contribution < 1.29 is 4.74 Å². The lowest BCUT2D eigenvalue weighted by atomic mass is 10.1. The molecule has 3 nitrogen and oxygen atoms in total. The van der Waals surface area contributed by atoms with Crippen LogP contribution in [0.15, 0.2) is 30.5 Å². The highest BCUT2D eigenvalue weighted by Crippen LogP contribution is 2.30. The van der Waals surface area contributed by atoms with Crippen LogP contribution in [-0.4, -0.2) is 16.7 Å². The van der Waals surface area contributed by atoms with Crippen molar-refractivity contribution in [2.75, 3.05) is 7.11 Å². The first-order valence-corrected chi connectivity index (χ1v) is 5.60. The molecule has 0 N–H and O–H groups in total. The van der Waals surface area contributed by atoms with Crippen LogP contribution in [0.5, 0.6) is 5.75 Å². The molecule has 0 unspecified atom stereocenters. The van der Waals surface area contributed by atoms with Gasteiger partial charge in [0.25, 0.3) is 0 Å². The molecule has 0 fully saturated rings. The van der Waals surface area contributed by atoms with Crippen molar-refractivity contribution in [3.63, 3.8) is 0 Å². The summed E-state index contributed by atoms with van der Waals surface area (Å²) in [6.07, 6.45) is 1.91. The Morgan fingerprint density at radius 1 is 1.29 bits per heavy atom. The molecule has 3 aromatic rings. The molecule has 3 rings (SSSR count). The highest BCUT2D eigenvalue weighted by atomic mass is 16.5. The average Bonchev–Trinajstić information content (AvgIpc) is 2.64. The second kappa shape index (κ2) is 3.48. The Hall–Kier alpha value is -2.03. The Balaban J connectivity index is 2.55. The van der Waals surface area contributed by atoms with Gasteiger partial charge in [0, 0.05) is 29.7 Å². The van der Waals surface area contributed by atoms with Crippen LogP contribution in [0.4, 0.5) is 0 Å². The summed E-state index contributed by atoms with van der Waals surface area (Å²) in [4.78, 5) is 4.50. The van der Waals surface area contributed by atoms with Crippen LogP contribution in [0.25, 0.3) is 21.8 Å². The number of pyridine rings is 1. The third-order valence-corrected chi connectivity index (χ3v) is 3.31. The second-order valence-corrected chi connectivity index (χ2v) is 4.26. The molecule has 3 heteroatoms. The van der Waals surface area contributed by atoms with Gasteiger partial charge < -0.3 is 9.30 Å². The monoisotopic (exact) mass is 226 g/mol. The number of aromatic nitrogens is 2. The zero-order chi connectivity index (χ0) is 12.0. The summed E-state index contributed by atoms with van der Waals surface area (Å²) in [6, 6.07) is 8.19. The smallest absolute Gasteiger partial charge is 0.145 e. The number of hydrogen-bond donors (Lipinski definition) is 0. The van der Waals surface area contributed by atoms with Gasteiger partial charge in [-0.05, 0) is 19.1 Å². The standard InChI is InChI=1S/C14H14N2O/c1-9-7-10-8-15-13-11(14(10)16(9)2)5-4-6-12(13)17-3/h4-8H,1-3H3. The number of fused-ring (bicyclic) bond motifs is 3. The lowest BCUT2D eigenvalue weighted by molar-refractivity contribution is 0.419. The fourth-order valence-corrected chi connectivity index (χ4v) is 2.34. The van der Waals surface area contributed by atoms with Crippen LogP contribution in [0.2, 0.25) is 0 Å². The van der Waals surface area contributed by atoms with Crippen molar-refractivity contribution in [2.24, 2.45) is 7.05 Å². The molecule has 2 aromatic heterocycles. The molecule has 17 heavy (non-hydrogen) atoms. The summed E-state index contributed by atoms with van der Waals surface area (Å²) in [5.74, 6) is 0.822. The van der Waals surface area contributed by atoms with Gasteiger partial charge in [-0.1, -0.05) is 12.1 Å². The predicted octanol–water partition coefficient (Wildman–Crippen LogP) is 3.04. The fraction of sp³-hybridized carbons (Fsp3) is 0.214. The molecule has 0 atom stereocenters. The van der Waals surface area contributed by atoms with Crippen molar-refractivity contribution in [3.05, 3.63) is 36.2 Å². The molecule has 0 aliphatic rings. The Morgan fingerprint density at radius 3 is 2.88 bits per heavy atom. The third kappa shape index (κ3) is 1.32. The number of ether oxygens (including phenoxy) is 1.